The highest BCUT2D eigenvalue weighted by Gasteiger charge is 2.08. The molecule has 0 saturated heterocycles. The van der Waals surface area contributed by atoms with E-state index in [9.17, 15) is 0 Å². The molecule has 0 aliphatic rings. The first-order valence-corrected chi connectivity index (χ1v) is 10.3. The molecule has 0 saturated carbocycles. The molecule has 2 nitrogen and oxygen atoms in total. The second-order valence-corrected chi connectivity index (χ2v) is 7.92. The highest BCUT2D eigenvalue weighted by Crippen LogP contribution is 2.25. The van der Waals surface area contributed by atoms with Gasteiger partial charge in [0.2, 0.25) is 0 Å². The van der Waals surface area contributed by atoms with Crippen molar-refractivity contribution in [2.24, 2.45) is 5.16 Å². The maximum Gasteiger partial charge on any atom is 0.145 e. The van der Waals surface area contributed by atoms with Gasteiger partial charge in [0, 0.05) is 36.8 Å². The lowest BCUT2D eigenvalue weighted by Gasteiger charge is -2.09. The molecule has 0 atom stereocenters. The molecule has 0 aliphatic carbocycles. The lowest BCUT2D eigenvalue weighted by atomic mass is 10.1. The van der Waals surface area contributed by atoms with Crippen LogP contribution in [0, 0.1) is 0 Å². The van der Waals surface area contributed by atoms with Gasteiger partial charge in [-0.1, -0.05) is 76.4 Å². The largest absolute Gasteiger partial charge is 0.391 e. The Balaban J connectivity index is 1.73. The summed E-state index contributed by atoms with van der Waals surface area (Å²) >= 11 is 20.0. The molecule has 0 radical (unpaired) electrons. The fraction of sp³-hybridized carbons (Fsp3) is 0.0952. The normalized spacial score (nSPS) is 11.4. The van der Waals surface area contributed by atoms with Crippen LogP contribution in [0.15, 0.2) is 82.8 Å². The first-order chi connectivity index (χ1) is 13.1. The van der Waals surface area contributed by atoms with Gasteiger partial charge in [-0.05, 0) is 36.4 Å². The summed E-state index contributed by atoms with van der Waals surface area (Å²) < 4.78 is 0. The van der Waals surface area contributed by atoms with Gasteiger partial charge >= 0.3 is 0 Å². The Labute approximate surface area is 178 Å². The number of benzene rings is 3. The minimum absolute atomic E-state index is 0.209. The Kier molecular flexibility index (Phi) is 7.48. The summed E-state index contributed by atoms with van der Waals surface area (Å²) in [6.45, 7) is 0.209. The summed E-state index contributed by atoms with van der Waals surface area (Å²) in [4.78, 5) is 6.70. The van der Waals surface area contributed by atoms with Crippen molar-refractivity contribution in [3.05, 3.63) is 99.0 Å². The van der Waals surface area contributed by atoms with Crippen molar-refractivity contribution in [3.8, 4) is 0 Å². The molecule has 0 heterocycles. The van der Waals surface area contributed by atoms with E-state index in [0.717, 1.165) is 26.8 Å². The fourth-order valence-electron chi connectivity index (χ4n) is 2.32. The molecule has 0 spiro atoms. The molecule has 3 aromatic rings. The zero-order chi connectivity index (χ0) is 19.1. The summed E-state index contributed by atoms with van der Waals surface area (Å²) in [5, 5.41) is 6.20. The van der Waals surface area contributed by atoms with Crippen molar-refractivity contribution >= 4 is 52.3 Å². The Morgan fingerprint density at radius 1 is 0.815 bits per heavy atom. The Morgan fingerprint density at radius 3 is 2.15 bits per heavy atom. The molecule has 138 valence electrons. The number of nitrogens with zero attached hydrogens (tertiary/aromatic N) is 1. The predicted molar refractivity (Wildman–Crippen MR) is 116 cm³/mol. The van der Waals surface area contributed by atoms with E-state index in [1.807, 2.05) is 54.6 Å². The number of hydrogen-bond donors (Lipinski definition) is 0. The van der Waals surface area contributed by atoms with Gasteiger partial charge in [0.1, 0.15) is 6.61 Å². The van der Waals surface area contributed by atoms with Crippen LogP contribution in [0.3, 0.4) is 0 Å². The van der Waals surface area contributed by atoms with Gasteiger partial charge in [-0.3, -0.25) is 0 Å². The maximum absolute atomic E-state index is 6.19. The maximum atomic E-state index is 6.19. The molecule has 0 aliphatic heterocycles. The minimum atomic E-state index is 0.209. The molecular weight excluding hydrogens is 421 g/mol. The zero-order valence-corrected chi connectivity index (χ0v) is 17.3. The summed E-state index contributed by atoms with van der Waals surface area (Å²) in [7, 11) is 0. The van der Waals surface area contributed by atoms with Gasteiger partial charge in [0.25, 0.3) is 0 Å². The summed E-state index contributed by atoms with van der Waals surface area (Å²) in [5.41, 5.74) is 2.56. The first kappa shape index (κ1) is 20.1. The SMILES string of the molecule is Clc1ccc(SCC(=NOCc2c(Cl)cccc2Cl)c2ccccc2)cc1. The van der Waals surface area contributed by atoms with Crippen molar-refractivity contribution < 1.29 is 4.84 Å². The highest BCUT2D eigenvalue weighted by atomic mass is 35.5. The van der Waals surface area contributed by atoms with Crippen molar-refractivity contribution in [2.75, 3.05) is 5.75 Å². The molecule has 0 fully saturated rings. The summed E-state index contributed by atoms with van der Waals surface area (Å²) in [5.74, 6) is 0.655. The van der Waals surface area contributed by atoms with Crippen LogP contribution in [0.4, 0.5) is 0 Å². The van der Waals surface area contributed by atoms with Gasteiger partial charge in [-0.15, -0.1) is 11.8 Å². The molecule has 3 rings (SSSR count). The quantitative estimate of drug-likeness (QED) is 0.219. The summed E-state index contributed by atoms with van der Waals surface area (Å²) in [6.07, 6.45) is 0. The molecule has 0 aromatic heterocycles. The Morgan fingerprint density at radius 2 is 1.48 bits per heavy atom. The van der Waals surface area contributed by atoms with Gasteiger partial charge < -0.3 is 4.84 Å². The highest BCUT2D eigenvalue weighted by molar-refractivity contribution is 8.00. The molecule has 0 N–H and O–H groups in total. The van der Waals surface area contributed by atoms with Crippen LogP contribution in [0.1, 0.15) is 11.1 Å². The van der Waals surface area contributed by atoms with Crippen LogP contribution >= 0.6 is 46.6 Å². The van der Waals surface area contributed by atoms with Crippen molar-refractivity contribution in [3.63, 3.8) is 0 Å². The van der Waals surface area contributed by atoms with Crippen LogP contribution < -0.4 is 0 Å². The van der Waals surface area contributed by atoms with Crippen LogP contribution in [0.5, 0.6) is 0 Å². The van der Waals surface area contributed by atoms with E-state index in [4.69, 9.17) is 39.6 Å². The molecule has 0 unspecified atom stereocenters. The molecule has 27 heavy (non-hydrogen) atoms. The number of halogens is 3. The van der Waals surface area contributed by atoms with Gasteiger partial charge in [0.15, 0.2) is 0 Å². The van der Waals surface area contributed by atoms with E-state index in [1.165, 1.54) is 0 Å². The zero-order valence-electron chi connectivity index (χ0n) is 14.2. The van der Waals surface area contributed by atoms with E-state index < -0.39 is 0 Å². The molecule has 0 amide bonds. The second kappa shape index (κ2) is 10.0. The molecule has 6 heteroatoms. The smallest absolute Gasteiger partial charge is 0.145 e. The third kappa shape index (κ3) is 5.91. The monoisotopic (exact) mass is 435 g/mol. The number of thioether (sulfide) groups is 1. The average molecular weight is 437 g/mol. The number of oxime groups is 1. The molecule has 0 bridgehead atoms. The van der Waals surface area contributed by atoms with E-state index in [0.29, 0.717) is 15.8 Å². The third-order valence-corrected chi connectivity index (χ3v) is 5.72. The standard InChI is InChI=1S/C21H16Cl3NOS/c22-16-9-11-17(12-10-16)27-14-21(15-5-2-1-3-6-15)25-26-13-18-19(23)7-4-8-20(18)24/h1-12H,13-14H2. The van der Waals surface area contributed by atoms with E-state index in [-0.39, 0.29) is 6.61 Å². The third-order valence-electron chi connectivity index (χ3n) is 3.74. The van der Waals surface area contributed by atoms with Gasteiger partial charge in [-0.2, -0.15) is 0 Å². The lowest BCUT2D eigenvalue weighted by molar-refractivity contribution is 0.131. The van der Waals surface area contributed by atoms with Crippen molar-refractivity contribution in [1.82, 2.24) is 0 Å². The lowest BCUT2D eigenvalue weighted by Crippen LogP contribution is -2.06. The average Bonchev–Trinajstić information content (AvgIpc) is 2.68. The van der Waals surface area contributed by atoms with Crippen LogP contribution in [0.2, 0.25) is 15.1 Å². The topological polar surface area (TPSA) is 21.6 Å². The second-order valence-electron chi connectivity index (χ2n) is 5.62. The van der Waals surface area contributed by atoms with Crippen LogP contribution in [-0.2, 0) is 11.4 Å². The number of rotatable bonds is 7. The summed E-state index contributed by atoms with van der Waals surface area (Å²) in [6, 6.07) is 23.0. The van der Waals surface area contributed by atoms with Crippen LogP contribution in [-0.4, -0.2) is 11.5 Å². The number of hydrogen-bond acceptors (Lipinski definition) is 3. The van der Waals surface area contributed by atoms with E-state index in [1.54, 1.807) is 30.0 Å². The Hall–Kier alpha value is -1.65. The van der Waals surface area contributed by atoms with Crippen molar-refractivity contribution in [1.29, 1.82) is 0 Å². The van der Waals surface area contributed by atoms with Gasteiger partial charge in [0.05, 0.1) is 5.71 Å². The van der Waals surface area contributed by atoms with E-state index >= 15 is 0 Å². The Bertz CT molecular complexity index is 894. The predicted octanol–water partition coefficient (Wildman–Crippen LogP) is 7.36. The fourth-order valence-corrected chi connectivity index (χ4v) is 3.80. The van der Waals surface area contributed by atoms with Gasteiger partial charge in [-0.25, -0.2) is 0 Å². The minimum Gasteiger partial charge on any atom is -0.391 e. The molecular formula is C21H16Cl3NOS. The first-order valence-electron chi connectivity index (χ1n) is 8.19. The molecule has 3 aromatic carbocycles. The van der Waals surface area contributed by atoms with Crippen LogP contribution in [0.25, 0.3) is 0 Å². The van der Waals surface area contributed by atoms with Crippen molar-refractivity contribution in [2.45, 2.75) is 11.5 Å². The van der Waals surface area contributed by atoms with E-state index in [2.05, 4.69) is 5.16 Å².